The van der Waals surface area contributed by atoms with Crippen molar-refractivity contribution >= 4 is 10.0 Å². The molecule has 0 aromatic carbocycles. The number of ether oxygens (including phenoxy) is 1. The number of hydrogen-bond donors (Lipinski definition) is 3. The van der Waals surface area contributed by atoms with E-state index in [1.807, 2.05) is 20.8 Å². The lowest BCUT2D eigenvalue weighted by Gasteiger charge is -2.54. The van der Waals surface area contributed by atoms with Crippen molar-refractivity contribution in [2.24, 2.45) is 11.3 Å². The molecule has 3 N–H and O–H groups in total. The van der Waals surface area contributed by atoms with Gasteiger partial charge >= 0.3 is 0 Å². The highest BCUT2D eigenvalue weighted by molar-refractivity contribution is 7.88. The zero-order chi connectivity index (χ0) is 20.2. The molecule has 1 aliphatic carbocycles. The minimum Gasteiger partial charge on any atom is -0.385 e. The van der Waals surface area contributed by atoms with Gasteiger partial charge in [-0.1, -0.05) is 52.2 Å². The molecule has 0 radical (unpaired) electrons. The van der Waals surface area contributed by atoms with Crippen LogP contribution in [0.5, 0.6) is 0 Å². The number of hydrogen-bond acceptors (Lipinski definition) is 5. The van der Waals surface area contributed by atoms with Crippen LogP contribution in [-0.4, -0.2) is 55.8 Å². The fourth-order valence-electron chi connectivity index (χ4n) is 3.77. The minimum absolute atomic E-state index is 0.0202. The Labute approximate surface area is 159 Å². The number of nitrogens with one attached hydrogen (secondary N) is 1. The number of unbranched alkanes of at least 4 members (excludes halogenated alkanes) is 3. The number of rotatable bonds is 10. The second-order valence-corrected chi connectivity index (χ2v) is 10.3. The fourth-order valence-corrected chi connectivity index (χ4v) is 4.28. The van der Waals surface area contributed by atoms with E-state index in [1.165, 1.54) is 0 Å². The molecule has 0 saturated heterocycles. The van der Waals surface area contributed by atoms with E-state index in [2.05, 4.69) is 4.72 Å². The fraction of sp³-hybridized carbons (Fsp3) is 0.895. The largest absolute Gasteiger partial charge is 0.385 e. The van der Waals surface area contributed by atoms with E-state index in [0.717, 1.165) is 38.4 Å². The SMILES string of the molecule is COC1C(O)(C(C)CCCCCCNS(C)(=O)=O)C=CC(C)(O)C1(C)C. The second kappa shape index (κ2) is 8.69. The lowest BCUT2D eigenvalue weighted by atomic mass is 9.59. The van der Waals surface area contributed by atoms with Gasteiger partial charge in [0.2, 0.25) is 10.0 Å². The van der Waals surface area contributed by atoms with Crippen LogP contribution in [0.2, 0.25) is 0 Å². The van der Waals surface area contributed by atoms with Gasteiger partial charge in [-0.25, -0.2) is 13.1 Å². The van der Waals surface area contributed by atoms with Crippen LogP contribution in [0.25, 0.3) is 0 Å². The van der Waals surface area contributed by atoms with Gasteiger partial charge in [-0.3, -0.25) is 0 Å². The quantitative estimate of drug-likeness (QED) is 0.392. The van der Waals surface area contributed by atoms with Crippen LogP contribution < -0.4 is 4.72 Å². The van der Waals surface area contributed by atoms with Crippen LogP contribution >= 0.6 is 0 Å². The van der Waals surface area contributed by atoms with Crippen molar-refractivity contribution in [1.82, 2.24) is 4.72 Å². The number of methoxy groups -OCH3 is 1. The molecule has 0 bridgehead atoms. The van der Waals surface area contributed by atoms with Crippen molar-refractivity contribution in [3.63, 3.8) is 0 Å². The molecule has 26 heavy (non-hydrogen) atoms. The Morgan fingerprint density at radius 3 is 2.23 bits per heavy atom. The normalized spacial score (nSPS) is 32.5. The molecule has 1 rings (SSSR count). The van der Waals surface area contributed by atoms with Gasteiger partial charge in [0.1, 0.15) is 5.60 Å². The Balaban J connectivity index is 2.56. The third kappa shape index (κ3) is 5.52. The van der Waals surface area contributed by atoms with Crippen molar-refractivity contribution in [3.05, 3.63) is 12.2 Å². The Bertz CT molecular complexity index is 585. The average molecular weight is 392 g/mol. The molecule has 1 aliphatic rings. The van der Waals surface area contributed by atoms with Crippen LogP contribution in [0.4, 0.5) is 0 Å². The molecule has 4 atom stereocenters. The molecule has 0 fully saturated rings. The van der Waals surface area contributed by atoms with Crippen molar-refractivity contribution in [3.8, 4) is 0 Å². The van der Waals surface area contributed by atoms with E-state index >= 15 is 0 Å². The molecule has 0 amide bonds. The van der Waals surface area contributed by atoms with Crippen molar-refractivity contribution < 1.29 is 23.4 Å². The maximum Gasteiger partial charge on any atom is 0.208 e. The van der Waals surface area contributed by atoms with Gasteiger partial charge in [0.25, 0.3) is 0 Å². The monoisotopic (exact) mass is 391 g/mol. The molecule has 154 valence electrons. The number of sulfonamides is 1. The van der Waals surface area contributed by atoms with E-state index in [1.54, 1.807) is 26.2 Å². The zero-order valence-electron chi connectivity index (χ0n) is 17.1. The molecule has 0 saturated carbocycles. The van der Waals surface area contributed by atoms with E-state index < -0.39 is 32.7 Å². The van der Waals surface area contributed by atoms with Crippen LogP contribution in [0.1, 0.15) is 59.8 Å². The predicted molar refractivity (Wildman–Crippen MR) is 104 cm³/mol. The molecular formula is C19H37NO5S. The topological polar surface area (TPSA) is 95.9 Å². The first-order chi connectivity index (χ1) is 11.8. The maximum absolute atomic E-state index is 11.3. The van der Waals surface area contributed by atoms with E-state index in [4.69, 9.17) is 4.74 Å². The summed E-state index contributed by atoms with van der Waals surface area (Å²) in [6, 6.07) is 0. The Kier molecular flexibility index (Phi) is 7.88. The van der Waals surface area contributed by atoms with E-state index in [-0.39, 0.29) is 5.92 Å². The lowest BCUT2D eigenvalue weighted by molar-refractivity contribution is -0.194. The zero-order valence-corrected chi connectivity index (χ0v) is 17.9. The van der Waals surface area contributed by atoms with Gasteiger partial charge < -0.3 is 14.9 Å². The minimum atomic E-state index is -3.11. The molecule has 0 spiro atoms. The summed E-state index contributed by atoms with van der Waals surface area (Å²) in [4.78, 5) is 0. The number of aliphatic hydroxyl groups is 2. The summed E-state index contributed by atoms with van der Waals surface area (Å²) in [5.74, 6) is -0.0202. The summed E-state index contributed by atoms with van der Waals surface area (Å²) in [6.45, 7) is 8.05. The first kappa shape index (κ1) is 23.6. The first-order valence-corrected chi connectivity index (χ1v) is 11.3. The molecule has 4 unspecified atom stereocenters. The van der Waals surface area contributed by atoms with Crippen LogP contribution in [0.3, 0.4) is 0 Å². The highest BCUT2D eigenvalue weighted by atomic mass is 32.2. The third-order valence-corrected chi connectivity index (χ3v) is 6.74. The summed E-state index contributed by atoms with van der Waals surface area (Å²) >= 11 is 0. The molecule has 0 aliphatic heterocycles. The van der Waals surface area contributed by atoms with Crippen molar-refractivity contribution in [2.75, 3.05) is 19.9 Å². The molecule has 6 nitrogen and oxygen atoms in total. The van der Waals surface area contributed by atoms with E-state index in [0.29, 0.717) is 6.54 Å². The standard InChI is InChI=1S/C19H37NO5S/c1-15(11-9-7-8-10-14-20-26(6,23)24)19(22)13-12-18(4,21)17(2,3)16(19)25-5/h12-13,15-16,20-22H,7-11,14H2,1-6H3. The Morgan fingerprint density at radius 1 is 1.12 bits per heavy atom. The summed E-state index contributed by atoms with van der Waals surface area (Å²) in [6.07, 6.45) is 8.56. The lowest BCUT2D eigenvalue weighted by Crippen LogP contribution is -2.63. The second-order valence-electron chi connectivity index (χ2n) is 8.48. The van der Waals surface area contributed by atoms with Gasteiger partial charge in [0.15, 0.2) is 0 Å². The average Bonchev–Trinajstić information content (AvgIpc) is 2.50. The van der Waals surface area contributed by atoms with E-state index in [9.17, 15) is 18.6 Å². The molecule has 7 heteroatoms. The van der Waals surface area contributed by atoms with Gasteiger partial charge in [-0.2, -0.15) is 0 Å². The molecule has 0 heterocycles. The molecule has 0 aromatic heterocycles. The summed E-state index contributed by atoms with van der Waals surface area (Å²) in [5.41, 5.74) is -2.80. The van der Waals surface area contributed by atoms with Gasteiger partial charge in [0.05, 0.1) is 18.0 Å². The van der Waals surface area contributed by atoms with Crippen LogP contribution in [-0.2, 0) is 14.8 Å². The molecule has 0 aromatic rings. The van der Waals surface area contributed by atoms with Crippen LogP contribution in [0, 0.1) is 11.3 Å². The summed E-state index contributed by atoms with van der Waals surface area (Å²) in [5, 5.41) is 21.9. The maximum atomic E-state index is 11.3. The van der Waals surface area contributed by atoms with Gasteiger partial charge in [-0.15, -0.1) is 0 Å². The first-order valence-electron chi connectivity index (χ1n) is 9.40. The van der Waals surface area contributed by atoms with Crippen LogP contribution in [0.15, 0.2) is 12.2 Å². The predicted octanol–water partition coefficient (Wildman–Crippen LogP) is 2.22. The highest BCUT2D eigenvalue weighted by Gasteiger charge is 2.57. The molecular weight excluding hydrogens is 354 g/mol. The van der Waals surface area contributed by atoms with Gasteiger partial charge in [-0.05, 0) is 25.7 Å². The van der Waals surface area contributed by atoms with Gasteiger partial charge in [0, 0.05) is 19.1 Å². The highest BCUT2D eigenvalue weighted by Crippen LogP contribution is 2.48. The Hall–Kier alpha value is -0.470. The summed E-state index contributed by atoms with van der Waals surface area (Å²) < 4.78 is 30.1. The van der Waals surface area contributed by atoms with Crippen molar-refractivity contribution in [2.45, 2.75) is 77.1 Å². The third-order valence-electron chi connectivity index (χ3n) is 6.01. The van der Waals surface area contributed by atoms with Crippen molar-refractivity contribution in [1.29, 1.82) is 0 Å². The Morgan fingerprint density at radius 2 is 1.69 bits per heavy atom. The smallest absolute Gasteiger partial charge is 0.208 e. The summed E-state index contributed by atoms with van der Waals surface area (Å²) in [7, 11) is -1.53.